The fourth-order valence-electron chi connectivity index (χ4n) is 8.04. The Morgan fingerprint density at radius 1 is 0.239 bits per heavy atom. The van der Waals surface area contributed by atoms with Crippen LogP contribution in [0.2, 0.25) is 0 Å². The van der Waals surface area contributed by atoms with Crippen molar-refractivity contribution in [3.8, 4) is 55.6 Å². The van der Waals surface area contributed by atoms with Crippen LogP contribution in [-0.4, -0.2) is 0 Å². The summed E-state index contributed by atoms with van der Waals surface area (Å²) < 4.78 is 0. The fourth-order valence-corrected chi connectivity index (χ4v) is 8.04. The highest BCUT2D eigenvalue weighted by atomic mass is 14.3. The largest absolute Gasteiger partial charge is 0.0622 e. The Kier molecular flexibility index (Phi) is 5.38. The smallest absolute Gasteiger partial charge is 0.000741 e. The minimum atomic E-state index is 1.25. The van der Waals surface area contributed by atoms with Gasteiger partial charge in [0.05, 0.1) is 0 Å². The van der Waals surface area contributed by atoms with Gasteiger partial charge in [-0.15, -0.1) is 0 Å². The van der Waals surface area contributed by atoms with Crippen molar-refractivity contribution >= 4 is 43.1 Å². The van der Waals surface area contributed by atoms with Crippen molar-refractivity contribution < 1.29 is 0 Å². The second kappa shape index (κ2) is 9.76. The Morgan fingerprint density at radius 3 is 1.46 bits per heavy atom. The SMILES string of the molecule is c1ccc(-c2c3c(c(-c4ccccc4)c4ccccc24)-c2ccc(-c4ccc5c(ccc6ccccc65)c4)c4cccc-3c24)cc1. The molecule has 0 saturated carbocycles. The lowest BCUT2D eigenvalue weighted by Crippen LogP contribution is -1.93. The van der Waals surface area contributed by atoms with E-state index in [-0.39, 0.29) is 0 Å². The van der Waals surface area contributed by atoms with Crippen LogP contribution in [0.3, 0.4) is 0 Å². The van der Waals surface area contributed by atoms with Crippen molar-refractivity contribution in [3.05, 3.63) is 170 Å². The summed E-state index contributed by atoms with van der Waals surface area (Å²) in [7, 11) is 0. The Hall–Kier alpha value is -5.98. The molecule has 0 spiro atoms. The molecule has 0 aliphatic heterocycles. The molecule has 9 aromatic rings. The summed E-state index contributed by atoms with van der Waals surface area (Å²) in [4.78, 5) is 0. The number of fused-ring (bicyclic) bond motifs is 7. The Bertz CT molecular complexity index is 2570. The van der Waals surface area contributed by atoms with Crippen LogP contribution in [0.1, 0.15) is 0 Å². The van der Waals surface area contributed by atoms with E-state index in [2.05, 4.69) is 170 Å². The summed E-state index contributed by atoms with van der Waals surface area (Å²) in [5, 5.41) is 10.4. The van der Waals surface area contributed by atoms with Crippen LogP contribution >= 0.6 is 0 Å². The first-order valence-electron chi connectivity index (χ1n) is 16.0. The fraction of sp³-hybridized carbons (Fsp3) is 0. The molecule has 0 nitrogen and oxygen atoms in total. The van der Waals surface area contributed by atoms with E-state index in [0.717, 1.165) is 0 Å². The first kappa shape index (κ1) is 25.4. The first-order valence-corrected chi connectivity index (χ1v) is 16.0. The van der Waals surface area contributed by atoms with Crippen LogP contribution in [0, 0.1) is 0 Å². The summed E-state index contributed by atoms with van der Waals surface area (Å²) in [5.74, 6) is 0. The monoisotopic (exact) mass is 580 g/mol. The summed E-state index contributed by atoms with van der Waals surface area (Å²) in [6.07, 6.45) is 0. The van der Waals surface area contributed by atoms with Gasteiger partial charge in [0.1, 0.15) is 0 Å². The van der Waals surface area contributed by atoms with Gasteiger partial charge in [-0.2, -0.15) is 0 Å². The zero-order chi connectivity index (χ0) is 30.2. The lowest BCUT2D eigenvalue weighted by atomic mass is 9.82. The quantitative estimate of drug-likeness (QED) is 0.182. The molecule has 46 heavy (non-hydrogen) atoms. The molecule has 0 N–H and O–H groups in total. The zero-order valence-corrected chi connectivity index (χ0v) is 25.2. The van der Waals surface area contributed by atoms with Crippen molar-refractivity contribution in [3.63, 3.8) is 0 Å². The standard InChI is InChI=1S/C46H28/c1-3-13-30(14-4-1)42-38-18-9-10-19-39(38)43(31-15-5-2-6-16-31)46-41-27-26-36(37-20-11-21-40(44(37)41)45(42)46)33-24-25-35-32(28-33)23-22-29-12-7-8-17-34(29)35/h1-28H. The molecule has 1 aliphatic carbocycles. The number of hydrogen-bond donors (Lipinski definition) is 0. The van der Waals surface area contributed by atoms with Crippen LogP contribution < -0.4 is 0 Å². The van der Waals surface area contributed by atoms with E-state index >= 15 is 0 Å². The van der Waals surface area contributed by atoms with Crippen molar-refractivity contribution in [2.24, 2.45) is 0 Å². The number of rotatable bonds is 3. The van der Waals surface area contributed by atoms with E-state index in [1.165, 1.54) is 98.7 Å². The van der Waals surface area contributed by atoms with E-state index in [0.29, 0.717) is 0 Å². The topological polar surface area (TPSA) is 0 Å². The third-order valence-electron chi connectivity index (χ3n) is 9.98. The molecule has 0 saturated heterocycles. The Labute approximate surface area is 267 Å². The average molecular weight is 581 g/mol. The minimum Gasteiger partial charge on any atom is -0.0622 e. The molecule has 0 bridgehead atoms. The normalized spacial score (nSPS) is 11.9. The van der Waals surface area contributed by atoms with Gasteiger partial charge < -0.3 is 0 Å². The first-order chi connectivity index (χ1) is 22.8. The van der Waals surface area contributed by atoms with E-state index in [1.54, 1.807) is 0 Å². The maximum atomic E-state index is 2.38. The van der Waals surface area contributed by atoms with Gasteiger partial charge in [0.15, 0.2) is 0 Å². The van der Waals surface area contributed by atoms with Crippen LogP contribution in [0.25, 0.3) is 98.7 Å². The third kappa shape index (κ3) is 3.56. The maximum Gasteiger partial charge on any atom is -0.000741 e. The van der Waals surface area contributed by atoms with Gasteiger partial charge in [-0.05, 0) is 105 Å². The lowest BCUT2D eigenvalue weighted by molar-refractivity contribution is 1.62. The molecule has 10 rings (SSSR count). The molecule has 0 heteroatoms. The van der Waals surface area contributed by atoms with Crippen molar-refractivity contribution in [2.45, 2.75) is 0 Å². The highest BCUT2D eigenvalue weighted by molar-refractivity contribution is 6.29. The summed E-state index contributed by atoms with van der Waals surface area (Å²) >= 11 is 0. The molecule has 9 aromatic carbocycles. The third-order valence-corrected chi connectivity index (χ3v) is 9.98. The van der Waals surface area contributed by atoms with Gasteiger partial charge in [0.25, 0.3) is 0 Å². The lowest BCUT2D eigenvalue weighted by Gasteiger charge is -2.20. The second-order valence-corrected chi connectivity index (χ2v) is 12.4. The predicted molar refractivity (Wildman–Crippen MR) is 197 cm³/mol. The van der Waals surface area contributed by atoms with Gasteiger partial charge in [-0.25, -0.2) is 0 Å². The maximum absolute atomic E-state index is 2.38. The average Bonchev–Trinajstić information content (AvgIpc) is 3.46. The molecule has 212 valence electrons. The predicted octanol–water partition coefficient (Wildman–Crippen LogP) is 12.9. The van der Waals surface area contributed by atoms with Crippen molar-refractivity contribution in [2.75, 3.05) is 0 Å². The van der Waals surface area contributed by atoms with Gasteiger partial charge in [0, 0.05) is 0 Å². The van der Waals surface area contributed by atoms with E-state index in [9.17, 15) is 0 Å². The Balaban J connectivity index is 1.30. The van der Waals surface area contributed by atoms with Gasteiger partial charge in [-0.1, -0.05) is 164 Å². The van der Waals surface area contributed by atoms with Crippen LogP contribution in [-0.2, 0) is 0 Å². The van der Waals surface area contributed by atoms with Gasteiger partial charge in [-0.3, -0.25) is 0 Å². The molecule has 0 radical (unpaired) electrons. The van der Waals surface area contributed by atoms with Gasteiger partial charge in [0.2, 0.25) is 0 Å². The molecule has 0 amide bonds. The van der Waals surface area contributed by atoms with E-state index in [4.69, 9.17) is 0 Å². The minimum absolute atomic E-state index is 1.25. The highest BCUT2D eigenvalue weighted by Gasteiger charge is 2.31. The number of hydrogen-bond acceptors (Lipinski definition) is 0. The molecule has 0 heterocycles. The molecule has 1 aliphatic rings. The molecule has 0 aromatic heterocycles. The molecule has 0 fully saturated rings. The zero-order valence-electron chi connectivity index (χ0n) is 25.2. The van der Waals surface area contributed by atoms with Crippen LogP contribution in [0.15, 0.2) is 170 Å². The summed E-state index contributed by atoms with van der Waals surface area (Å²) in [6, 6.07) is 62.7. The Morgan fingerprint density at radius 2 is 0.761 bits per heavy atom. The van der Waals surface area contributed by atoms with E-state index < -0.39 is 0 Å². The second-order valence-electron chi connectivity index (χ2n) is 12.4. The summed E-state index contributed by atoms with van der Waals surface area (Å²) in [5.41, 5.74) is 13.0. The van der Waals surface area contributed by atoms with Crippen LogP contribution in [0.5, 0.6) is 0 Å². The molecular formula is C46H28. The highest BCUT2D eigenvalue weighted by Crippen LogP contribution is 2.58. The molecule has 0 atom stereocenters. The van der Waals surface area contributed by atoms with Crippen molar-refractivity contribution in [1.82, 2.24) is 0 Å². The van der Waals surface area contributed by atoms with E-state index in [1.807, 2.05) is 0 Å². The van der Waals surface area contributed by atoms with Crippen LogP contribution in [0.4, 0.5) is 0 Å². The number of benzene rings is 9. The van der Waals surface area contributed by atoms with Gasteiger partial charge >= 0.3 is 0 Å². The van der Waals surface area contributed by atoms with Crippen molar-refractivity contribution in [1.29, 1.82) is 0 Å². The molecular weight excluding hydrogens is 553 g/mol. The summed E-state index contributed by atoms with van der Waals surface area (Å²) in [6.45, 7) is 0. The molecule has 0 unspecified atom stereocenters.